The molecule has 1 saturated heterocycles. The predicted molar refractivity (Wildman–Crippen MR) is 134 cm³/mol. The Morgan fingerprint density at radius 2 is 1.78 bits per heavy atom. The van der Waals surface area contributed by atoms with Gasteiger partial charge in [0.15, 0.2) is 21.3 Å². The second-order valence-electron chi connectivity index (χ2n) is 8.14. The maximum absolute atomic E-state index is 13.2. The van der Waals surface area contributed by atoms with Crippen molar-refractivity contribution in [1.82, 2.24) is 15.1 Å². The Hall–Kier alpha value is -3.25. The molecule has 36 heavy (non-hydrogen) atoms. The molecule has 1 aliphatic heterocycles. The number of carbonyl (C=O) groups is 1. The number of sulfone groups is 1. The summed E-state index contributed by atoms with van der Waals surface area (Å²) in [6.07, 6.45) is 0.428. The van der Waals surface area contributed by atoms with Gasteiger partial charge in [-0.2, -0.15) is 0 Å². The summed E-state index contributed by atoms with van der Waals surface area (Å²) in [5, 5.41) is 8.35. The number of hydrogen-bond donors (Lipinski definition) is 0. The van der Waals surface area contributed by atoms with Gasteiger partial charge in [-0.1, -0.05) is 42.1 Å². The van der Waals surface area contributed by atoms with Gasteiger partial charge >= 0.3 is 0 Å². The van der Waals surface area contributed by atoms with E-state index in [9.17, 15) is 13.2 Å². The molecule has 0 radical (unpaired) electrons. The van der Waals surface area contributed by atoms with Crippen LogP contribution in [0, 0.1) is 0 Å². The van der Waals surface area contributed by atoms with Crippen molar-refractivity contribution in [2.45, 2.75) is 24.2 Å². The smallest absolute Gasteiger partial charge is 0.277 e. The van der Waals surface area contributed by atoms with Gasteiger partial charge in [0.05, 0.1) is 38.6 Å². The number of amides is 1. The van der Waals surface area contributed by atoms with E-state index in [0.29, 0.717) is 35.8 Å². The van der Waals surface area contributed by atoms with Gasteiger partial charge in [-0.25, -0.2) is 8.42 Å². The molecule has 0 aliphatic carbocycles. The zero-order chi connectivity index (χ0) is 25.7. The summed E-state index contributed by atoms with van der Waals surface area (Å²) in [6, 6.07) is 12.5. The highest BCUT2D eigenvalue weighted by molar-refractivity contribution is 7.99. The van der Waals surface area contributed by atoms with Crippen LogP contribution in [0.5, 0.6) is 17.2 Å². The Kier molecular flexibility index (Phi) is 8.04. The van der Waals surface area contributed by atoms with E-state index in [-0.39, 0.29) is 40.3 Å². The minimum absolute atomic E-state index is 0.0257. The van der Waals surface area contributed by atoms with Crippen LogP contribution in [0.4, 0.5) is 0 Å². The summed E-state index contributed by atoms with van der Waals surface area (Å²) in [5.41, 5.74) is 1.50. The molecule has 0 spiro atoms. The van der Waals surface area contributed by atoms with Crippen molar-refractivity contribution >= 4 is 27.5 Å². The van der Waals surface area contributed by atoms with Gasteiger partial charge in [-0.05, 0) is 24.1 Å². The standard InChI is InChI=1S/C24H27N3O7S2/c1-31-19-11-17(12-20(32-2)22(19)33-3)23-25-26-24(34-23)35-14-21(28)27(13-16-7-5-4-6-8-16)18-9-10-36(29,30)15-18/h4-8,11-12,18H,9-10,13-15H2,1-3H3/t18-/m1/s1. The van der Waals surface area contributed by atoms with E-state index >= 15 is 0 Å². The maximum Gasteiger partial charge on any atom is 0.277 e. The van der Waals surface area contributed by atoms with E-state index in [1.807, 2.05) is 30.3 Å². The van der Waals surface area contributed by atoms with Crippen LogP contribution < -0.4 is 14.2 Å². The quantitative estimate of drug-likeness (QED) is 0.360. The molecule has 1 atom stereocenters. The van der Waals surface area contributed by atoms with Gasteiger partial charge in [0.25, 0.3) is 5.22 Å². The molecular formula is C24H27N3O7S2. The van der Waals surface area contributed by atoms with Crippen molar-refractivity contribution in [1.29, 1.82) is 0 Å². The van der Waals surface area contributed by atoms with E-state index < -0.39 is 9.84 Å². The zero-order valence-corrected chi connectivity index (χ0v) is 21.8. The van der Waals surface area contributed by atoms with Crippen LogP contribution in [0.15, 0.2) is 52.1 Å². The molecule has 1 amide bonds. The number of carbonyl (C=O) groups excluding carboxylic acids is 1. The monoisotopic (exact) mass is 533 g/mol. The fourth-order valence-corrected chi connectivity index (χ4v) is 6.40. The van der Waals surface area contributed by atoms with E-state index in [4.69, 9.17) is 18.6 Å². The number of methoxy groups -OCH3 is 3. The fraction of sp³-hybridized carbons (Fsp3) is 0.375. The number of nitrogens with zero attached hydrogens (tertiary/aromatic N) is 3. The molecule has 0 N–H and O–H groups in total. The van der Waals surface area contributed by atoms with E-state index in [2.05, 4.69) is 10.2 Å². The summed E-state index contributed by atoms with van der Waals surface area (Å²) in [7, 11) is 1.39. The first-order chi connectivity index (χ1) is 17.3. The van der Waals surface area contributed by atoms with Crippen LogP contribution in [0.3, 0.4) is 0 Å². The van der Waals surface area contributed by atoms with Crippen molar-refractivity contribution in [3.8, 4) is 28.7 Å². The molecule has 3 aromatic rings. The SMILES string of the molecule is COc1cc(-c2nnc(SCC(=O)N(Cc3ccccc3)[C@@H]3CCS(=O)(=O)C3)o2)cc(OC)c1OC. The average molecular weight is 534 g/mol. The number of aromatic nitrogens is 2. The van der Waals surface area contributed by atoms with Crippen molar-refractivity contribution < 1.29 is 31.8 Å². The molecule has 1 aliphatic rings. The summed E-state index contributed by atoms with van der Waals surface area (Å²) < 4.78 is 46.0. The van der Waals surface area contributed by atoms with Crippen LogP contribution in [0.1, 0.15) is 12.0 Å². The van der Waals surface area contributed by atoms with Gasteiger partial charge in [-0.15, -0.1) is 10.2 Å². The van der Waals surface area contributed by atoms with Crippen molar-refractivity contribution in [2.24, 2.45) is 0 Å². The second kappa shape index (κ2) is 11.2. The Labute approximate surface area is 213 Å². The van der Waals surface area contributed by atoms with E-state index in [1.54, 1.807) is 17.0 Å². The van der Waals surface area contributed by atoms with Crippen LogP contribution in [0.25, 0.3) is 11.5 Å². The van der Waals surface area contributed by atoms with Crippen LogP contribution in [0.2, 0.25) is 0 Å². The highest BCUT2D eigenvalue weighted by atomic mass is 32.2. The van der Waals surface area contributed by atoms with Crippen LogP contribution >= 0.6 is 11.8 Å². The Morgan fingerprint density at radius 3 is 2.36 bits per heavy atom. The molecular weight excluding hydrogens is 506 g/mol. The Bertz CT molecular complexity index is 1290. The summed E-state index contributed by atoms with van der Waals surface area (Å²) >= 11 is 1.10. The van der Waals surface area contributed by atoms with Crippen LogP contribution in [-0.2, 0) is 21.2 Å². The lowest BCUT2D eigenvalue weighted by atomic mass is 10.1. The lowest BCUT2D eigenvalue weighted by Gasteiger charge is -2.28. The highest BCUT2D eigenvalue weighted by Crippen LogP contribution is 2.41. The normalized spacial score (nSPS) is 16.5. The van der Waals surface area contributed by atoms with Crippen molar-refractivity contribution in [2.75, 3.05) is 38.6 Å². The lowest BCUT2D eigenvalue weighted by molar-refractivity contribution is -0.130. The summed E-state index contributed by atoms with van der Waals surface area (Å²) in [4.78, 5) is 14.8. The minimum atomic E-state index is -3.15. The Morgan fingerprint density at radius 1 is 1.08 bits per heavy atom. The third kappa shape index (κ3) is 5.93. The zero-order valence-electron chi connectivity index (χ0n) is 20.2. The number of thioether (sulfide) groups is 1. The van der Waals surface area contributed by atoms with E-state index in [0.717, 1.165) is 17.3 Å². The molecule has 0 bridgehead atoms. The maximum atomic E-state index is 13.2. The molecule has 0 saturated carbocycles. The fourth-order valence-electron chi connectivity index (χ4n) is 4.02. The van der Waals surface area contributed by atoms with Gasteiger partial charge in [0.2, 0.25) is 17.5 Å². The van der Waals surface area contributed by atoms with Crippen molar-refractivity contribution in [3.63, 3.8) is 0 Å². The minimum Gasteiger partial charge on any atom is -0.493 e. The molecule has 1 aromatic heterocycles. The third-order valence-electron chi connectivity index (χ3n) is 5.80. The molecule has 12 heteroatoms. The van der Waals surface area contributed by atoms with Gasteiger partial charge < -0.3 is 23.5 Å². The first-order valence-corrected chi connectivity index (χ1v) is 13.9. The summed E-state index contributed by atoms with van der Waals surface area (Å²) in [6.45, 7) is 0.334. The molecule has 0 unspecified atom stereocenters. The molecule has 4 rings (SSSR count). The Balaban J connectivity index is 1.48. The van der Waals surface area contributed by atoms with Gasteiger partial charge in [-0.3, -0.25) is 4.79 Å². The molecule has 2 aromatic carbocycles. The number of rotatable bonds is 10. The van der Waals surface area contributed by atoms with E-state index in [1.165, 1.54) is 21.3 Å². The first-order valence-electron chi connectivity index (χ1n) is 11.1. The number of ether oxygens (including phenoxy) is 3. The molecule has 10 nitrogen and oxygen atoms in total. The summed E-state index contributed by atoms with van der Waals surface area (Å²) in [5.74, 6) is 1.45. The molecule has 2 heterocycles. The first kappa shape index (κ1) is 25.8. The van der Waals surface area contributed by atoms with Gasteiger partial charge in [0.1, 0.15) is 0 Å². The second-order valence-corrected chi connectivity index (χ2v) is 11.3. The predicted octanol–water partition coefficient (Wildman–Crippen LogP) is 3.07. The number of hydrogen-bond acceptors (Lipinski definition) is 10. The van der Waals surface area contributed by atoms with Crippen molar-refractivity contribution in [3.05, 3.63) is 48.0 Å². The highest BCUT2D eigenvalue weighted by Gasteiger charge is 2.34. The largest absolute Gasteiger partial charge is 0.493 e. The van der Waals surface area contributed by atoms with Crippen LogP contribution in [-0.4, -0.2) is 74.1 Å². The molecule has 192 valence electrons. The average Bonchev–Trinajstić information content (AvgIpc) is 3.51. The lowest BCUT2D eigenvalue weighted by Crippen LogP contribution is -2.41. The number of benzene rings is 2. The molecule has 1 fully saturated rings. The van der Waals surface area contributed by atoms with Gasteiger partial charge in [0, 0.05) is 18.2 Å². The third-order valence-corrected chi connectivity index (χ3v) is 8.36. The topological polar surface area (TPSA) is 121 Å².